The van der Waals surface area contributed by atoms with Crippen LogP contribution in [0.3, 0.4) is 0 Å². The molecule has 1 aromatic carbocycles. The number of nitrogens with two attached hydrogens (primary N) is 1. The number of benzene rings is 1. The molecule has 0 saturated heterocycles. The van der Waals surface area contributed by atoms with Crippen molar-refractivity contribution in [3.8, 4) is 0 Å². The Morgan fingerprint density at radius 3 is 2.61 bits per heavy atom. The summed E-state index contributed by atoms with van der Waals surface area (Å²) in [4.78, 5) is 0.0855. The van der Waals surface area contributed by atoms with Gasteiger partial charge in [0.2, 0.25) is 10.0 Å². The summed E-state index contributed by atoms with van der Waals surface area (Å²) in [6, 6.07) is 4.38. The Balaban J connectivity index is 2.63. The Bertz CT molecular complexity index is 489. The summed E-state index contributed by atoms with van der Waals surface area (Å²) in [7, 11) is -3.53. The zero-order valence-electron chi connectivity index (χ0n) is 10.4. The molecule has 0 fully saturated rings. The van der Waals surface area contributed by atoms with Crippen LogP contribution in [0.2, 0.25) is 5.02 Å². The van der Waals surface area contributed by atoms with E-state index >= 15 is 0 Å². The molecule has 0 amide bonds. The normalized spacial score (nSPS) is 11.7. The Labute approximate surface area is 114 Å². The third-order valence-corrected chi connectivity index (χ3v) is 4.35. The fourth-order valence-electron chi connectivity index (χ4n) is 1.60. The van der Waals surface area contributed by atoms with E-state index in [0.29, 0.717) is 11.6 Å². The predicted molar refractivity (Wildman–Crippen MR) is 75.2 cm³/mol. The van der Waals surface area contributed by atoms with Gasteiger partial charge >= 0.3 is 0 Å². The number of nitrogens with one attached hydrogen (secondary N) is 1. The van der Waals surface area contributed by atoms with Gasteiger partial charge in [0.15, 0.2) is 0 Å². The van der Waals surface area contributed by atoms with Gasteiger partial charge in [0.05, 0.1) is 5.69 Å². The minimum Gasteiger partial charge on any atom is -0.398 e. The number of rotatable bonds is 7. The summed E-state index contributed by atoms with van der Waals surface area (Å²) in [6.07, 6.45) is 4.09. The highest BCUT2D eigenvalue weighted by Crippen LogP contribution is 2.22. The van der Waals surface area contributed by atoms with E-state index in [1.54, 1.807) is 0 Å². The zero-order chi connectivity index (χ0) is 13.6. The monoisotopic (exact) mass is 290 g/mol. The van der Waals surface area contributed by atoms with E-state index in [2.05, 4.69) is 11.6 Å². The fourth-order valence-corrected chi connectivity index (χ4v) is 2.97. The summed E-state index contributed by atoms with van der Waals surface area (Å²) in [6.45, 7) is 2.54. The molecule has 0 radical (unpaired) electrons. The van der Waals surface area contributed by atoms with Crippen molar-refractivity contribution >= 4 is 27.3 Å². The van der Waals surface area contributed by atoms with Crippen molar-refractivity contribution < 1.29 is 8.42 Å². The number of hydrogen-bond donors (Lipinski definition) is 2. The van der Waals surface area contributed by atoms with Gasteiger partial charge in [0.1, 0.15) is 4.90 Å². The van der Waals surface area contributed by atoms with Crippen LogP contribution in [-0.4, -0.2) is 15.0 Å². The van der Waals surface area contributed by atoms with Crippen LogP contribution < -0.4 is 10.5 Å². The van der Waals surface area contributed by atoms with Crippen molar-refractivity contribution in [3.05, 3.63) is 23.2 Å². The first-order chi connectivity index (χ1) is 8.47. The van der Waals surface area contributed by atoms with Gasteiger partial charge in [-0.2, -0.15) is 0 Å². The lowest BCUT2D eigenvalue weighted by atomic mass is 10.2. The quantitative estimate of drug-likeness (QED) is 0.599. The van der Waals surface area contributed by atoms with Gasteiger partial charge in [-0.1, -0.05) is 37.8 Å². The van der Waals surface area contributed by atoms with E-state index in [0.717, 1.165) is 25.7 Å². The molecule has 18 heavy (non-hydrogen) atoms. The van der Waals surface area contributed by atoms with Gasteiger partial charge in [-0.25, -0.2) is 13.1 Å². The maximum atomic E-state index is 12.0. The molecular formula is C12H19ClN2O2S. The smallest absolute Gasteiger partial charge is 0.242 e. The van der Waals surface area contributed by atoms with Crippen molar-refractivity contribution in [3.63, 3.8) is 0 Å². The lowest BCUT2D eigenvalue weighted by molar-refractivity contribution is 0.574. The Morgan fingerprint density at radius 2 is 2.00 bits per heavy atom. The van der Waals surface area contributed by atoms with Gasteiger partial charge in [-0.3, -0.25) is 0 Å². The molecule has 102 valence electrons. The van der Waals surface area contributed by atoms with E-state index in [1.165, 1.54) is 18.2 Å². The second-order valence-corrected chi connectivity index (χ2v) is 6.31. The van der Waals surface area contributed by atoms with E-state index in [9.17, 15) is 8.42 Å². The van der Waals surface area contributed by atoms with Crippen LogP contribution in [0, 0.1) is 0 Å². The first-order valence-corrected chi connectivity index (χ1v) is 7.88. The molecule has 0 aliphatic heterocycles. The number of unbranched alkanes of at least 4 members (excludes halogenated alkanes) is 3. The molecule has 0 aromatic heterocycles. The third kappa shape index (κ3) is 4.48. The number of halogens is 1. The molecule has 0 bridgehead atoms. The van der Waals surface area contributed by atoms with Crippen LogP contribution >= 0.6 is 11.6 Å². The van der Waals surface area contributed by atoms with Crippen molar-refractivity contribution in [1.29, 1.82) is 0 Å². The number of nitrogen functional groups attached to an aromatic ring is 1. The summed E-state index contributed by atoms with van der Waals surface area (Å²) < 4.78 is 26.5. The molecule has 4 nitrogen and oxygen atoms in total. The molecule has 1 aromatic rings. The summed E-state index contributed by atoms with van der Waals surface area (Å²) in [5.74, 6) is 0. The number of sulfonamides is 1. The highest BCUT2D eigenvalue weighted by atomic mass is 35.5. The van der Waals surface area contributed by atoms with Gasteiger partial charge < -0.3 is 5.73 Å². The average molecular weight is 291 g/mol. The minimum atomic E-state index is -3.53. The first kappa shape index (κ1) is 15.3. The van der Waals surface area contributed by atoms with Crippen LogP contribution in [-0.2, 0) is 10.0 Å². The van der Waals surface area contributed by atoms with Gasteiger partial charge in [-0.05, 0) is 24.6 Å². The van der Waals surface area contributed by atoms with Crippen molar-refractivity contribution in [1.82, 2.24) is 4.72 Å². The Kier molecular flexibility index (Phi) is 5.91. The number of hydrogen-bond acceptors (Lipinski definition) is 3. The maximum Gasteiger partial charge on any atom is 0.242 e. The second-order valence-electron chi connectivity index (χ2n) is 4.14. The Morgan fingerprint density at radius 1 is 1.28 bits per heavy atom. The summed E-state index contributed by atoms with van der Waals surface area (Å²) >= 11 is 5.73. The van der Waals surface area contributed by atoms with E-state index in [-0.39, 0.29) is 10.6 Å². The van der Waals surface area contributed by atoms with Crippen LogP contribution in [0.4, 0.5) is 5.69 Å². The molecule has 0 spiro atoms. The predicted octanol–water partition coefficient (Wildman–Crippen LogP) is 2.78. The van der Waals surface area contributed by atoms with Gasteiger partial charge in [0.25, 0.3) is 0 Å². The van der Waals surface area contributed by atoms with Crippen LogP contribution in [0.25, 0.3) is 0 Å². The average Bonchev–Trinajstić information content (AvgIpc) is 2.28. The minimum absolute atomic E-state index is 0.0855. The molecule has 0 atom stereocenters. The first-order valence-electron chi connectivity index (χ1n) is 6.02. The summed E-state index contributed by atoms with van der Waals surface area (Å²) in [5, 5.41) is 0.425. The van der Waals surface area contributed by atoms with Crippen LogP contribution in [0.1, 0.15) is 32.6 Å². The number of anilines is 1. The molecule has 0 unspecified atom stereocenters. The largest absolute Gasteiger partial charge is 0.398 e. The highest BCUT2D eigenvalue weighted by molar-refractivity contribution is 7.89. The molecule has 0 aliphatic rings. The maximum absolute atomic E-state index is 12.0. The fraction of sp³-hybridized carbons (Fsp3) is 0.500. The standard InChI is InChI=1S/C12H19ClN2O2S/c1-2-3-4-5-8-15-18(16,17)12-7-6-10(13)9-11(12)14/h6-7,9,15H,2-5,8,14H2,1H3. The summed E-state index contributed by atoms with van der Waals surface area (Å²) in [5.41, 5.74) is 5.83. The molecule has 6 heteroatoms. The molecule has 3 N–H and O–H groups in total. The molecule has 1 rings (SSSR count). The lowest BCUT2D eigenvalue weighted by Crippen LogP contribution is -2.25. The third-order valence-electron chi connectivity index (χ3n) is 2.58. The van der Waals surface area contributed by atoms with Gasteiger partial charge in [0, 0.05) is 11.6 Å². The molecule has 0 heterocycles. The topological polar surface area (TPSA) is 72.2 Å². The van der Waals surface area contributed by atoms with E-state index < -0.39 is 10.0 Å². The zero-order valence-corrected chi connectivity index (χ0v) is 12.0. The lowest BCUT2D eigenvalue weighted by Gasteiger charge is -2.09. The SMILES string of the molecule is CCCCCCNS(=O)(=O)c1ccc(Cl)cc1N. The molecule has 0 aliphatic carbocycles. The van der Waals surface area contributed by atoms with Gasteiger partial charge in [-0.15, -0.1) is 0 Å². The van der Waals surface area contributed by atoms with Crippen molar-refractivity contribution in [2.45, 2.75) is 37.5 Å². The Hall–Kier alpha value is -0.780. The molecule has 0 saturated carbocycles. The van der Waals surface area contributed by atoms with Crippen molar-refractivity contribution in [2.24, 2.45) is 0 Å². The highest BCUT2D eigenvalue weighted by Gasteiger charge is 2.16. The van der Waals surface area contributed by atoms with Crippen LogP contribution in [0.5, 0.6) is 0 Å². The second kappa shape index (κ2) is 6.97. The van der Waals surface area contributed by atoms with Crippen molar-refractivity contribution in [2.75, 3.05) is 12.3 Å². The van der Waals surface area contributed by atoms with Crippen LogP contribution in [0.15, 0.2) is 23.1 Å². The van der Waals surface area contributed by atoms with E-state index in [4.69, 9.17) is 17.3 Å². The molecular weight excluding hydrogens is 272 g/mol. The van der Waals surface area contributed by atoms with E-state index in [1.807, 2.05) is 0 Å².